The molecule has 86 valence electrons. The molecule has 3 heteroatoms. The molecule has 0 bridgehead atoms. The molecule has 0 spiro atoms. The van der Waals surface area contributed by atoms with E-state index in [1.165, 1.54) is 6.07 Å². The summed E-state index contributed by atoms with van der Waals surface area (Å²) in [7, 11) is 0. The topological polar surface area (TPSA) is 35.8 Å². The fraction of sp³-hybridized carbons (Fsp3) is 0.462. The molecular formula is C13H17FN2. The normalized spacial score (nSPS) is 12.1. The van der Waals surface area contributed by atoms with Crippen molar-refractivity contribution in [3.8, 4) is 6.07 Å². The second kappa shape index (κ2) is 6.97. The van der Waals surface area contributed by atoms with Crippen molar-refractivity contribution in [2.75, 3.05) is 6.54 Å². The van der Waals surface area contributed by atoms with Gasteiger partial charge in [-0.3, -0.25) is 0 Å². The Bertz CT molecular complexity index is 357. The highest BCUT2D eigenvalue weighted by atomic mass is 19.1. The highest BCUT2D eigenvalue weighted by Crippen LogP contribution is 2.06. The Hall–Kier alpha value is -1.40. The number of nitriles is 1. The van der Waals surface area contributed by atoms with Crippen LogP contribution in [0.5, 0.6) is 0 Å². The van der Waals surface area contributed by atoms with Crippen LogP contribution in [0.1, 0.15) is 25.3 Å². The zero-order valence-corrected chi connectivity index (χ0v) is 9.54. The molecule has 0 aliphatic heterocycles. The summed E-state index contributed by atoms with van der Waals surface area (Å²) < 4.78 is 13.3. The molecule has 1 atom stereocenters. The summed E-state index contributed by atoms with van der Waals surface area (Å²) in [5.74, 6) is -0.155. The van der Waals surface area contributed by atoms with Crippen molar-refractivity contribution in [3.63, 3.8) is 0 Å². The van der Waals surface area contributed by atoms with Crippen LogP contribution in [0.25, 0.3) is 0 Å². The van der Waals surface area contributed by atoms with Gasteiger partial charge in [0.2, 0.25) is 0 Å². The van der Waals surface area contributed by atoms with Gasteiger partial charge in [-0.15, -0.1) is 0 Å². The average Bonchev–Trinajstić information content (AvgIpc) is 2.30. The number of nitrogens with one attached hydrogen (secondary N) is 1. The number of nitrogens with zero attached hydrogens (tertiary/aromatic N) is 1. The molecule has 0 saturated heterocycles. The Labute approximate surface area is 96.1 Å². The molecule has 1 rings (SSSR count). The maximum atomic E-state index is 13.3. The average molecular weight is 220 g/mol. The molecule has 1 unspecified atom stereocenters. The highest BCUT2D eigenvalue weighted by molar-refractivity contribution is 5.17. The first-order chi connectivity index (χ1) is 7.77. The van der Waals surface area contributed by atoms with Gasteiger partial charge in [-0.05, 0) is 31.0 Å². The van der Waals surface area contributed by atoms with Crippen molar-refractivity contribution in [2.45, 2.75) is 32.2 Å². The van der Waals surface area contributed by atoms with E-state index in [1.54, 1.807) is 12.1 Å². The highest BCUT2D eigenvalue weighted by Gasteiger charge is 2.05. The molecule has 0 aliphatic rings. The Kier molecular flexibility index (Phi) is 5.52. The van der Waals surface area contributed by atoms with Crippen LogP contribution in [0, 0.1) is 17.1 Å². The Morgan fingerprint density at radius 2 is 2.19 bits per heavy atom. The number of benzene rings is 1. The largest absolute Gasteiger partial charge is 0.313 e. The molecular weight excluding hydrogens is 203 g/mol. The van der Waals surface area contributed by atoms with Gasteiger partial charge in [0.25, 0.3) is 0 Å². The zero-order chi connectivity index (χ0) is 11.8. The molecule has 16 heavy (non-hydrogen) atoms. The van der Waals surface area contributed by atoms with Gasteiger partial charge in [0.05, 0.1) is 12.5 Å². The second-order valence-electron chi connectivity index (χ2n) is 3.76. The van der Waals surface area contributed by atoms with Crippen LogP contribution >= 0.6 is 0 Å². The first-order valence-corrected chi connectivity index (χ1v) is 5.61. The standard InChI is InChI=1S/C13H17FN2/c1-2-12(7-9-15)16-10-8-11-5-3-4-6-13(11)14/h3-6,12,16H,2,7-8,10H2,1H3. The summed E-state index contributed by atoms with van der Waals surface area (Å²) in [6.45, 7) is 2.75. The van der Waals surface area contributed by atoms with Gasteiger partial charge in [-0.25, -0.2) is 4.39 Å². The van der Waals surface area contributed by atoms with E-state index in [0.29, 0.717) is 19.4 Å². The lowest BCUT2D eigenvalue weighted by Crippen LogP contribution is -2.30. The van der Waals surface area contributed by atoms with Crippen LogP contribution in [-0.2, 0) is 6.42 Å². The smallest absolute Gasteiger partial charge is 0.126 e. The fourth-order valence-electron chi connectivity index (χ4n) is 1.58. The molecule has 1 aromatic rings. The van der Waals surface area contributed by atoms with Crippen LogP contribution < -0.4 is 5.32 Å². The third-order valence-electron chi connectivity index (χ3n) is 2.62. The molecule has 1 N–H and O–H groups in total. The lowest BCUT2D eigenvalue weighted by molar-refractivity contribution is 0.503. The van der Waals surface area contributed by atoms with Crippen LogP contribution in [0.4, 0.5) is 4.39 Å². The minimum absolute atomic E-state index is 0.155. The van der Waals surface area contributed by atoms with E-state index in [9.17, 15) is 4.39 Å². The van der Waals surface area contributed by atoms with Gasteiger partial charge >= 0.3 is 0 Å². The molecule has 0 aliphatic carbocycles. The maximum absolute atomic E-state index is 13.3. The Morgan fingerprint density at radius 3 is 2.81 bits per heavy atom. The zero-order valence-electron chi connectivity index (χ0n) is 9.54. The number of rotatable bonds is 6. The van der Waals surface area contributed by atoms with E-state index in [0.717, 1.165) is 12.0 Å². The Balaban J connectivity index is 2.35. The molecule has 0 saturated carbocycles. The lowest BCUT2D eigenvalue weighted by Gasteiger charge is -2.13. The quantitative estimate of drug-likeness (QED) is 0.800. The number of halogens is 1. The summed E-state index contributed by atoms with van der Waals surface area (Å²) in [6.07, 6.45) is 2.09. The summed E-state index contributed by atoms with van der Waals surface area (Å²) in [4.78, 5) is 0. The van der Waals surface area contributed by atoms with Crippen LogP contribution in [0.2, 0.25) is 0 Å². The van der Waals surface area contributed by atoms with Crippen LogP contribution in [-0.4, -0.2) is 12.6 Å². The monoisotopic (exact) mass is 220 g/mol. The number of hydrogen-bond acceptors (Lipinski definition) is 2. The third kappa shape index (κ3) is 4.00. The van der Waals surface area contributed by atoms with Crippen LogP contribution in [0.3, 0.4) is 0 Å². The van der Waals surface area contributed by atoms with E-state index >= 15 is 0 Å². The van der Waals surface area contributed by atoms with Crippen LogP contribution in [0.15, 0.2) is 24.3 Å². The molecule has 0 amide bonds. The summed E-state index contributed by atoms with van der Waals surface area (Å²) in [5, 5.41) is 11.8. The summed E-state index contributed by atoms with van der Waals surface area (Å²) in [5.41, 5.74) is 0.724. The first-order valence-electron chi connectivity index (χ1n) is 5.61. The molecule has 0 radical (unpaired) electrons. The van der Waals surface area contributed by atoms with E-state index in [2.05, 4.69) is 11.4 Å². The lowest BCUT2D eigenvalue weighted by atomic mass is 10.1. The van der Waals surface area contributed by atoms with Crippen molar-refractivity contribution < 1.29 is 4.39 Å². The van der Waals surface area contributed by atoms with Gasteiger partial charge in [-0.2, -0.15) is 5.26 Å². The molecule has 2 nitrogen and oxygen atoms in total. The van der Waals surface area contributed by atoms with Crippen molar-refractivity contribution in [1.82, 2.24) is 5.32 Å². The fourth-order valence-corrected chi connectivity index (χ4v) is 1.58. The number of hydrogen-bond donors (Lipinski definition) is 1. The van der Waals surface area contributed by atoms with Gasteiger partial charge in [0, 0.05) is 6.04 Å². The molecule has 1 aromatic carbocycles. The third-order valence-corrected chi connectivity index (χ3v) is 2.62. The predicted molar refractivity (Wildman–Crippen MR) is 62.4 cm³/mol. The van der Waals surface area contributed by atoms with Gasteiger partial charge < -0.3 is 5.32 Å². The summed E-state index contributed by atoms with van der Waals surface area (Å²) >= 11 is 0. The van der Waals surface area contributed by atoms with E-state index < -0.39 is 0 Å². The van der Waals surface area contributed by atoms with E-state index in [1.807, 2.05) is 13.0 Å². The van der Waals surface area contributed by atoms with E-state index in [-0.39, 0.29) is 11.9 Å². The maximum Gasteiger partial charge on any atom is 0.126 e. The van der Waals surface area contributed by atoms with Crippen molar-refractivity contribution in [2.24, 2.45) is 0 Å². The SMILES string of the molecule is CCC(CC#N)NCCc1ccccc1F. The van der Waals surface area contributed by atoms with Gasteiger partial charge in [-0.1, -0.05) is 25.1 Å². The predicted octanol–water partition coefficient (Wildman–Crippen LogP) is 2.65. The van der Waals surface area contributed by atoms with Gasteiger partial charge in [0.1, 0.15) is 5.82 Å². The van der Waals surface area contributed by atoms with Crippen molar-refractivity contribution in [1.29, 1.82) is 5.26 Å². The first kappa shape index (κ1) is 12.7. The second-order valence-corrected chi connectivity index (χ2v) is 3.76. The van der Waals surface area contributed by atoms with Crippen molar-refractivity contribution in [3.05, 3.63) is 35.6 Å². The van der Waals surface area contributed by atoms with Gasteiger partial charge in [0.15, 0.2) is 0 Å². The molecule has 0 aromatic heterocycles. The minimum Gasteiger partial charge on any atom is -0.313 e. The summed E-state index contributed by atoms with van der Waals surface area (Å²) in [6, 6.07) is 9.16. The molecule has 0 heterocycles. The van der Waals surface area contributed by atoms with E-state index in [4.69, 9.17) is 5.26 Å². The van der Waals surface area contributed by atoms with Crippen molar-refractivity contribution >= 4 is 0 Å². The molecule has 0 fully saturated rings. The minimum atomic E-state index is -0.155. The Morgan fingerprint density at radius 1 is 1.44 bits per heavy atom.